The van der Waals surface area contributed by atoms with E-state index in [0.29, 0.717) is 46.9 Å². The molecule has 42 heavy (non-hydrogen) atoms. The molecule has 8 heteroatoms. The van der Waals surface area contributed by atoms with Crippen LogP contribution in [0.4, 0.5) is 0 Å². The summed E-state index contributed by atoms with van der Waals surface area (Å²) in [7, 11) is 3.13. The van der Waals surface area contributed by atoms with Gasteiger partial charge in [-0.3, -0.25) is 9.59 Å². The van der Waals surface area contributed by atoms with Gasteiger partial charge in [0.1, 0.15) is 22.8 Å². The molecule has 4 rings (SSSR count). The van der Waals surface area contributed by atoms with E-state index in [4.69, 9.17) is 9.47 Å². The molecule has 0 radical (unpaired) electrons. The summed E-state index contributed by atoms with van der Waals surface area (Å²) in [6.45, 7) is 13.6. The number of Topliss-reactive ketones (excluding diaryl/α,β-unsaturated/α-hetero) is 1. The number of pyridine rings is 1. The summed E-state index contributed by atoms with van der Waals surface area (Å²) >= 11 is 0. The van der Waals surface area contributed by atoms with Gasteiger partial charge in [0.15, 0.2) is 5.78 Å². The fourth-order valence-electron chi connectivity index (χ4n) is 4.22. The quantitative estimate of drug-likeness (QED) is 0.250. The van der Waals surface area contributed by atoms with Gasteiger partial charge in [-0.15, -0.1) is 0 Å². The molecule has 0 bridgehead atoms. The van der Waals surface area contributed by atoms with E-state index in [0.717, 1.165) is 30.5 Å². The van der Waals surface area contributed by atoms with Crippen LogP contribution in [0, 0.1) is 0 Å². The molecule has 3 aromatic rings. The van der Waals surface area contributed by atoms with Crippen molar-refractivity contribution in [3.8, 4) is 28.4 Å². The monoisotopic (exact) mass is 577 g/mol. The number of rotatable bonds is 9. The maximum atomic E-state index is 12.9. The largest absolute Gasteiger partial charge is 0.506 e. The lowest BCUT2D eigenvalue weighted by Gasteiger charge is -2.19. The third kappa shape index (κ3) is 9.16. The van der Waals surface area contributed by atoms with Crippen LogP contribution in [0.5, 0.6) is 17.2 Å². The molecule has 0 saturated carbocycles. The van der Waals surface area contributed by atoms with E-state index in [1.807, 2.05) is 71.0 Å². The predicted octanol–water partition coefficient (Wildman–Crippen LogP) is 8.01. The summed E-state index contributed by atoms with van der Waals surface area (Å²) in [5.74, 6) is 1.10. The molecule has 1 aromatic heterocycles. The second-order valence-electron chi connectivity index (χ2n) is 8.84. The molecule has 0 saturated heterocycles. The number of aromatic nitrogens is 1. The van der Waals surface area contributed by atoms with E-state index < -0.39 is 0 Å². The van der Waals surface area contributed by atoms with Gasteiger partial charge >= 0.3 is 0 Å². The third-order valence-electron chi connectivity index (χ3n) is 6.29. The molecule has 0 spiro atoms. The normalized spacial score (nSPS) is 11.4. The van der Waals surface area contributed by atoms with Crippen molar-refractivity contribution >= 4 is 17.2 Å². The Labute approximate surface area is 250 Å². The topological polar surface area (TPSA) is 113 Å². The summed E-state index contributed by atoms with van der Waals surface area (Å²) in [6.07, 6.45) is 3.62. The van der Waals surface area contributed by atoms with Crippen molar-refractivity contribution in [3.05, 3.63) is 75.7 Å². The van der Waals surface area contributed by atoms with Gasteiger partial charge in [-0.05, 0) is 38.3 Å². The summed E-state index contributed by atoms with van der Waals surface area (Å²) in [4.78, 5) is 26.5. The minimum atomic E-state index is -0.363. The number of methoxy groups -OCH3 is 2. The van der Waals surface area contributed by atoms with Crippen molar-refractivity contribution in [1.29, 1.82) is 0 Å². The molecule has 228 valence electrons. The number of unbranched alkanes of at least 4 members (excludes halogenated alkanes) is 1. The Morgan fingerprint density at radius 1 is 0.881 bits per heavy atom. The Bertz CT molecular complexity index is 1370. The van der Waals surface area contributed by atoms with Crippen LogP contribution in [-0.4, -0.2) is 41.5 Å². The maximum absolute atomic E-state index is 12.9. The van der Waals surface area contributed by atoms with E-state index in [2.05, 4.69) is 22.1 Å². The summed E-state index contributed by atoms with van der Waals surface area (Å²) in [5.41, 5.74) is 3.68. The second kappa shape index (κ2) is 19.0. The molecular formula is C34H47N3O5. The van der Waals surface area contributed by atoms with Gasteiger partial charge in [-0.2, -0.15) is 10.2 Å². The highest BCUT2D eigenvalue weighted by Crippen LogP contribution is 2.45. The molecule has 1 aliphatic rings. The standard InChI is InChI=1S/C22H27N3O4.C8H8O.2C2H6/c1-5-7-9-14-18(20-16(28-3)10-8-11-17(20)29-4)21(26)19(22(27)23-14)15-12-13(6-2)24-25-15;1-7(9)8-5-3-2-4-6-8;2*1-2/h8,10-11H,5-7,9,12H2,1-4H3,(H2,23,26,27);2-6H,1H3;2*1-2H3. The Morgan fingerprint density at radius 3 is 1.93 bits per heavy atom. The number of aromatic amines is 1. The minimum Gasteiger partial charge on any atom is -0.506 e. The number of carbonyl (C=O) groups is 1. The second-order valence-corrected chi connectivity index (χ2v) is 8.84. The van der Waals surface area contributed by atoms with Crippen LogP contribution in [0.3, 0.4) is 0 Å². The number of carbonyl (C=O) groups excluding carboxylic acids is 1. The van der Waals surface area contributed by atoms with E-state index in [1.165, 1.54) is 0 Å². The number of aromatic hydroxyl groups is 1. The lowest BCUT2D eigenvalue weighted by Crippen LogP contribution is -2.21. The summed E-state index contributed by atoms with van der Waals surface area (Å²) in [6, 6.07) is 14.7. The number of aryl methyl sites for hydroxylation is 1. The van der Waals surface area contributed by atoms with Gasteiger partial charge in [0, 0.05) is 23.4 Å². The van der Waals surface area contributed by atoms with Crippen molar-refractivity contribution in [2.45, 2.75) is 80.6 Å². The van der Waals surface area contributed by atoms with Crippen LogP contribution in [-0.2, 0) is 6.42 Å². The van der Waals surface area contributed by atoms with Gasteiger partial charge < -0.3 is 19.6 Å². The van der Waals surface area contributed by atoms with Crippen LogP contribution in [0.1, 0.15) is 95.8 Å². The number of hydrogen-bond acceptors (Lipinski definition) is 7. The SMILES string of the molecule is CC.CC.CC(=O)c1ccccc1.CCCCc1[nH]c(=O)c(C2=NN=C(CC)C2)c(O)c1-c1c(OC)cccc1OC. The number of ketones is 1. The lowest BCUT2D eigenvalue weighted by atomic mass is 9.93. The number of nitrogens with one attached hydrogen (secondary N) is 1. The van der Waals surface area contributed by atoms with E-state index in [-0.39, 0.29) is 22.7 Å². The van der Waals surface area contributed by atoms with E-state index >= 15 is 0 Å². The van der Waals surface area contributed by atoms with Gasteiger partial charge in [0.05, 0.1) is 31.1 Å². The molecule has 2 N–H and O–H groups in total. The Balaban J connectivity index is 0.000000569. The number of H-pyrrole nitrogens is 1. The predicted molar refractivity (Wildman–Crippen MR) is 174 cm³/mol. The first-order valence-corrected chi connectivity index (χ1v) is 14.7. The molecule has 0 fully saturated rings. The van der Waals surface area contributed by atoms with Gasteiger partial charge in [-0.25, -0.2) is 0 Å². The molecule has 0 aliphatic carbocycles. The third-order valence-corrected chi connectivity index (χ3v) is 6.29. The van der Waals surface area contributed by atoms with Gasteiger partial charge in [0.25, 0.3) is 5.56 Å². The molecule has 0 atom stereocenters. The van der Waals surface area contributed by atoms with Crippen molar-refractivity contribution in [3.63, 3.8) is 0 Å². The zero-order chi connectivity index (χ0) is 31.7. The van der Waals surface area contributed by atoms with Crippen molar-refractivity contribution in [2.75, 3.05) is 14.2 Å². The highest BCUT2D eigenvalue weighted by molar-refractivity contribution is 6.16. The van der Waals surface area contributed by atoms with Crippen molar-refractivity contribution < 1.29 is 19.4 Å². The summed E-state index contributed by atoms with van der Waals surface area (Å²) < 4.78 is 11.1. The van der Waals surface area contributed by atoms with Crippen LogP contribution < -0.4 is 15.0 Å². The smallest absolute Gasteiger partial charge is 0.261 e. The fourth-order valence-corrected chi connectivity index (χ4v) is 4.22. The molecule has 1 aliphatic heterocycles. The first kappa shape index (κ1) is 35.8. The summed E-state index contributed by atoms with van der Waals surface area (Å²) in [5, 5.41) is 19.6. The van der Waals surface area contributed by atoms with Crippen LogP contribution >= 0.6 is 0 Å². The number of hydrogen-bond donors (Lipinski definition) is 2. The van der Waals surface area contributed by atoms with Gasteiger partial charge in [-0.1, -0.05) is 84.4 Å². The number of ether oxygens (including phenoxy) is 2. The van der Waals surface area contributed by atoms with E-state index in [1.54, 1.807) is 33.3 Å². The Hall–Kier alpha value is -4.20. The lowest BCUT2D eigenvalue weighted by molar-refractivity contribution is 0.101. The number of nitrogens with zero attached hydrogens (tertiary/aromatic N) is 2. The first-order chi connectivity index (χ1) is 20.4. The minimum absolute atomic E-state index is 0.117. The average molecular weight is 578 g/mol. The van der Waals surface area contributed by atoms with Crippen LogP contribution in [0.2, 0.25) is 0 Å². The van der Waals surface area contributed by atoms with Gasteiger partial charge in [0.2, 0.25) is 0 Å². The molecule has 2 aromatic carbocycles. The van der Waals surface area contributed by atoms with E-state index in [9.17, 15) is 14.7 Å². The zero-order valence-electron chi connectivity index (χ0n) is 26.6. The molecule has 8 nitrogen and oxygen atoms in total. The average Bonchev–Trinajstić information content (AvgIpc) is 3.51. The van der Waals surface area contributed by atoms with Crippen LogP contribution in [0.25, 0.3) is 11.1 Å². The molecule has 2 heterocycles. The Kier molecular flexibility index (Phi) is 16.2. The maximum Gasteiger partial charge on any atom is 0.261 e. The Morgan fingerprint density at radius 2 is 1.48 bits per heavy atom. The first-order valence-electron chi connectivity index (χ1n) is 14.7. The van der Waals surface area contributed by atoms with Crippen molar-refractivity contribution in [2.24, 2.45) is 10.2 Å². The number of benzene rings is 2. The highest BCUT2D eigenvalue weighted by atomic mass is 16.5. The fraction of sp³-hybridized carbons (Fsp3) is 0.412. The van der Waals surface area contributed by atoms with Crippen molar-refractivity contribution in [1.82, 2.24) is 4.98 Å². The molecule has 0 unspecified atom stereocenters. The molecule has 0 amide bonds. The highest BCUT2D eigenvalue weighted by Gasteiger charge is 2.27. The molecular weight excluding hydrogens is 530 g/mol. The zero-order valence-corrected chi connectivity index (χ0v) is 26.6. The van der Waals surface area contributed by atoms with Crippen LogP contribution in [0.15, 0.2) is 63.5 Å².